The van der Waals surface area contributed by atoms with Gasteiger partial charge in [0.25, 0.3) is 0 Å². The van der Waals surface area contributed by atoms with E-state index in [1.54, 1.807) is 27.0 Å². The lowest BCUT2D eigenvalue weighted by atomic mass is 10.2. The van der Waals surface area contributed by atoms with E-state index in [0.29, 0.717) is 17.3 Å². The smallest absolute Gasteiger partial charge is 0.173 e. The molecule has 6 heterocycles. The van der Waals surface area contributed by atoms with Crippen molar-refractivity contribution in [1.82, 2.24) is 29.2 Å². The van der Waals surface area contributed by atoms with Gasteiger partial charge in [0.2, 0.25) is 0 Å². The zero-order valence-corrected chi connectivity index (χ0v) is 27.9. The van der Waals surface area contributed by atoms with Crippen molar-refractivity contribution in [3.8, 4) is 0 Å². The number of rotatable bonds is 5. The van der Waals surface area contributed by atoms with Gasteiger partial charge in [-0.25, -0.2) is 9.97 Å². The molecule has 0 unspecified atom stereocenters. The fourth-order valence-corrected chi connectivity index (χ4v) is 7.63. The molecule has 2 fully saturated rings. The number of hydrogen-bond acceptors (Lipinski definition) is 11. The van der Waals surface area contributed by atoms with Crippen LogP contribution in [0.25, 0.3) is 11.3 Å². The minimum atomic E-state index is 0.142. The number of fused-ring (bicyclic) bond motifs is 2. The first-order chi connectivity index (χ1) is 20.3. The minimum Gasteiger partial charge on any atom is -0.383 e. The summed E-state index contributed by atoms with van der Waals surface area (Å²) in [4.78, 5) is 18.6. The molecule has 12 nitrogen and oxygen atoms in total. The number of aromatic nitrogens is 6. The van der Waals surface area contributed by atoms with Gasteiger partial charge in [-0.3, -0.25) is 0 Å². The van der Waals surface area contributed by atoms with Crippen LogP contribution in [0.4, 0.5) is 29.0 Å². The molecule has 0 bridgehead atoms. The molecule has 2 saturated heterocycles. The molecule has 0 saturated carbocycles. The van der Waals surface area contributed by atoms with Crippen LogP contribution >= 0.6 is 59.6 Å². The number of halogens is 3. The van der Waals surface area contributed by atoms with E-state index in [2.05, 4.69) is 97.0 Å². The Kier molecular flexibility index (Phi) is 7.37. The SMILES string of the molecule is Nc1c(Br)c(N2CCN(c3ccc(Sc4cnn5c(N)c(Br)c(N6CC[C@H](N)C6)nc45)cc3)CC2)nc2c(Br)cnn12. The van der Waals surface area contributed by atoms with Gasteiger partial charge >= 0.3 is 0 Å². The van der Waals surface area contributed by atoms with Crippen molar-refractivity contribution in [3.05, 3.63) is 50.1 Å². The Balaban J connectivity index is 1.06. The number of hydrogen-bond donors (Lipinski definition) is 3. The largest absolute Gasteiger partial charge is 0.383 e. The van der Waals surface area contributed by atoms with Crippen LogP contribution in [0.3, 0.4) is 0 Å². The molecule has 42 heavy (non-hydrogen) atoms. The van der Waals surface area contributed by atoms with Gasteiger partial charge in [0.1, 0.15) is 32.2 Å². The number of anilines is 5. The highest BCUT2D eigenvalue weighted by Gasteiger charge is 2.26. The quantitative estimate of drug-likeness (QED) is 0.236. The molecule has 7 rings (SSSR count). The van der Waals surface area contributed by atoms with Crippen molar-refractivity contribution < 1.29 is 0 Å². The summed E-state index contributed by atoms with van der Waals surface area (Å²) in [5, 5.41) is 8.80. The van der Waals surface area contributed by atoms with Crippen LogP contribution in [0, 0.1) is 0 Å². The van der Waals surface area contributed by atoms with Gasteiger partial charge in [-0.2, -0.15) is 19.2 Å². The number of nitrogens with zero attached hydrogens (tertiary/aromatic N) is 9. The van der Waals surface area contributed by atoms with Crippen LogP contribution in [0.2, 0.25) is 0 Å². The van der Waals surface area contributed by atoms with Crippen molar-refractivity contribution in [3.63, 3.8) is 0 Å². The van der Waals surface area contributed by atoms with Crippen LogP contribution in [0.5, 0.6) is 0 Å². The number of benzene rings is 1. The number of nitrogen functional groups attached to an aromatic ring is 2. The Morgan fingerprint density at radius 3 is 2.00 bits per heavy atom. The molecule has 5 aromatic rings. The molecule has 0 aliphatic carbocycles. The van der Waals surface area contributed by atoms with Crippen LogP contribution in [-0.2, 0) is 0 Å². The van der Waals surface area contributed by atoms with Gasteiger partial charge in [-0.05, 0) is 78.5 Å². The van der Waals surface area contributed by atoms with Crippen LogP contribution in [-0.4, -0.2) is 74.5 Å². The molecule has 2 aliphatic rings. The lowest BCUT2D eigenvalue weighted by molar-refractivity contribution is 0.646. The predicted octanol–water partition coefficient (Wildman–Crippen LogP) is 4.24. The standard InChI is InChI=1S/C26H27Br3N12S/c27-17-11-33-40-21(31)19(28)25(35-23(17)40)38-9-7-37(8-10-38)15-1-3-16(4-2-15)42-18-12-34-41-22(32)20(29)26(36-24(18)41)39-6-5-14(30)13-39/h1-4,11-12,14H,5-10,13,30-32H2/t14-/m0/s1. The fourth-order valence-electron chi connectivity index (χ4n) is 5.42. The third-order valence-corrected chi connectivity index (χ3v) is 10.8. The molecule has 6 N–H and O–H groups in total. The van der Waals surface area contributed by atoms with Crippen molar-refractivity contribution in [2.45, 2.75) is 22.3 Å². The minimum absolute atomic E-state index is 0.142. The van der Waals surface area contributed by atoms with Crippen molar-refractivity contribution in [2.24, 2.45) is 5.73 Å². The topological polar surface area (TPSA) is 148 Å². The highest BCUT2D eigenvalue weighted by atomic mass is 79.9. The van der Waals surface area contributed by atoms with Gasteiger partial charge < -0.3 is 31.9 Å². The molecule has 1 aromatic carbocycles. The van der Waals surface area contributed by atoms with E-state index in [1.807, 2.05) is 6.20 Å². The molecule has 2 aliphatic heterocycles. The van der Waals surface area contributed by atoms with Crippen molar-refractivity contribution >= 4 is 99.8 Å². The number of piperazine rings is 1. The average Bonchev–Trinajstić information content (AvgIpc) is 3.72. The zero-order valence-electron chi connectivity index (χ0n) is 22.3. The second-order valence-electron chi connectivity index (χ2n) is 10.3. The Morgan fingerprint density at radius 2 is 1.33 bits per heavy atom. The molecule has 4 aromatic heterocycles. The molecule has 0 radical (unpaired) electrons. The molecule has 1 atom stereocenters. The maximum absolute atomic E-state index is 6.44. The molecule has 16 heteroatoms. The van der Waals surface area contributed by atoms with Crippen LogP contribution < -0.4 is 31.9 Å². The predicted molar refractivity (Wildman–Crippen MR) is 178 cm³/mol. The van der Waals surface area contributed by atoms with Gasteiger partial charge in [0.15, 0.2) is 11.3 Å². The summed E-state index contributed by atoms with van der Waals surface area (Å²) in [6.45, 7) is 4.97. The summed E-state index contributed by atoms with van der Waals surface area (Å²) >= 11 is 12.4. The van der Waals surface area contributed by atoms with E-state index in [9.17, 15) is 0 Å². The molecule has 0 amide bonds. The summed E-state index contributed by atoms with van der Waals surface area (Å²) in [5.41, 5.74) is 21.5. The van der Waals surface area contributed by atoms with E-state index in [1.165, 1.54) is 5.69 Å². The first-order valence-electron chi connectivity index (χ1n) is 13.4. The van der Waals surface area contributed by atoms with Crippen molar-refractivity contribution in [1.29, 1.82) is 0 Å². The lowest BCUT2D eigenvalue weighted by Crippen LogP contribution is -2.47. The summed E-state index contributed by atoms with van der Waals surface area (Å²) in [6.07, 6.45) is 4.46. The molecule has 0 spiro atoms. The van der Waals surface area contributed by atoms with Crippen molar-refractivity contribution in [2.75, 3.05) is 65.4 Å². The first kappa shape index (κ1) is 28.0. The molecular weight excluding hydrogens is 752 g/mol. The normalized spacial score (nSPS) is 17.7. The van der Waals surface area contributed by atoms with E-state index < -0.39 is 0 Å². The molecule has 218 valence electrons. The van der Waals surface area contributed by atoms with Gasteiger partial charge in [-0.15, -0.1) is 0 Å². The summed E-state index contributed by atoms with van der Waals surface area (Å²) in [6, 6.07) is 8.76. The highest BCUT2D eigenvalue weighted by Crippen LogP contribution is 2.38. The van der Waals surface area contributed by atoms with E-state index in [-0.39, 0.29) is 6.04 Å². The van der Waals surface area contributed by atoms with Gasteiger partial charge in [-0.1, -0.05) is 11.8 Å². The maximum Gasteiger partial charge on any atom is 0.173 e. The van der Waals surface area contributed by atoms with E-state index >= 15 is 0 Å². The molecular formula is C26H27Br3N12S. The Bertz CT molecular complexity index is 1800. The fraction of sp³-hybridized carbons (Fsp3) is 0.308. The van der Waals surface area contributed by atoms with Crippen LogP contribution in [0.1, 0.15) is 6.42 Å². The summed E-state index contributed by atoms with van der Waals surface area (Å²) < 4.78 is 5.63. The second kappa shape index (κ2) is 11.0. The Labute approximate surface area is 271 Å². The maximum atomic E-state index is 6.44. The van der Waals surface area contributed by atoms with E-state index in [4.69, 9.17) is 27.2 Å². The highest BCUT2D eigenvalue weighted by molar-refractivity contribution is 9.11. The monoisotopic (exact) mass is 776 g/mol. The third kappa shape index (κ3) is 4.86. The first-order valence-corrected chi connectivity index (χ1v) is 16.6. The Morgan fingerprint density at radius 1 is 0.738 bits per heavy atom. The lowest BCUT2D eigenvalue weighted by Gasteiger charge is -2.37. The average molecular weight is 779 g/mol. The zero-order chi connectivity index (χ0) is 29.1. The van der Waals surface area contributed by atoms with Gasteiger partial charge in [0, 0.05) is 55.9 Å². The summed E-state index contributed by atoms with van der Waals surface area (Å²) in [5.74, 6) is 2.70. The second-order valence-corrected chi connectivity index (χ2v) is 13.9. The van der Waals surface area contributed by atoms with Crippen LogP contribution in [0.15, 0.2) is 59.9 Å². The van der Waals surface area contributed by atoms with Gasteiger partial charge in [0.05, 0.1) is 21.8 Å². The Hall–Kier alpha value is -2.79. The summed E-state index contributed by atoms with van der Waals surface area (Å²) in [7, 11) is 0. The number of nitrogens with two attached hydrogens (primary N) is 3. The third-order valence-electron chi connectivity index (χ3n) is 7.67. The van der Waals surface area contributed by atoms with E-state index in [0.717, 1.165) is 86.2 Å².